The molecule has 9 heteroatoms. The SMILES string of the molecule is CC1(C)S[C@@H]2C(NC(=O)c3ccccc3)C(=O)N2C1c1nn[nH]n1. The lowest BCUT2D eigenvalue weighted by Crippen LogP contribution is -2.67. The molecule has 24 heavy (non-hydrogen) atoms. The van der Waals surface area contributed by atoms with Crippen molar-refractivity contribution in [3.63, 3.8) is 0 Å². The van der Waals surface area contributed by atoms with E-state index in [4.69, 9.17) is 0 Å². The number of benzene rings is 1. The van der Waals surface area contributed by atoms with Gasteiger partial charge in [-0.2, -0.15) is 5.21 Å². The lowest BCUT2D eigenvalue weighted by molar-refractivity contribution is -0.148. The summed E-state index contributed by atoms with van der Waals surface area (Å²) in [5, 5.41) is 16.8. The maximum absolute atomic E-state index is 12.6. The second-order valence-corrected chi connectivity index (χ2v) is 8.12. The third-order valence-electron chi connectivity index (χ3n) is 4.37. The van der Waals surface area contributed by atoms with Crippen LogP contribution in [-0.4, -0.2) is 53.5 Å². The number of hydrogen-bond donors (Lipinski definition) is 2. The zero-order chi connectivity index (χ0) is 16.9. The average molecular weight is 344 g/mol. The number of rotatable bonds is 3. The first kappa shape index (κ1) is 15.1. The molecule has 2 aliphatic rings. The van der Waals surface area contributed by atoms with Gasteiger partial charge in [0.05, 0.1) is 0 Å². The summed E-state index contributed by atoms with van der Waals surface area (Å²) in [6.45, 7) is 4.08. The number of aromatic amines is 1. The number of carbonyl (C=O) groups excluding carboxylic acids is 2. The Kier molecular flexibility index (Phi) is 3.34. The van der Waals surface area contributed by atoms with E-state index in [1.54, 1.807) is 40.9 Å². The summed E-state index contributed by atoms with van der Waals surface area (Å²) in [5.74, 6) is 0.142. The summed E-state index contributed by atoms with van der Waals surface area (Å²) < 4.78 is -0.267. The number of H-pyrrole nitrogens is 1. The number of aromatic nitrogens is 4. The molecule has 1 aromatic heterocycles. The van der Waals surface area contributed by atoms with Crippen molar-refractivity contribution >= 4 is 23.6 Å². The van der Waals surface area contributed by atoms with Crippen molar-refractivity contribution in [2.75, 3.05) is 0 Å². The van der Waals surface area contributed by atoms with Crippen LogP contribution in [0, 0.1) is 0 Å². The maximum Gasteiger partial charge on any atom is 0.252 e. The number of nitrogens with one attached hydrogen (secondary N) is 2. The molecule has 3 heterocycles. The minimum atomic E-state index is -0.529. The minimum absolute atomic E-state index is 0.114. The summed E-state index contributed by atoms with van der Waals surface area (Å²) in [6, 6.07) is 8.10. The van der Waals surface area contributed by atoms with Crippen LogP contribution in [0.5, 0.6) is 0 Å². The quantitative estimate of drug-likeness (QED) is 0.796. The van der Waals surface area contributed by atoms with E-state index >= 15 is 0 Å². The zero-order valence-electron chi connectivity index (χ0n) is 13.1. The molecule has 2 unspecified atom stereocenters. The number of β-lactam (4-membered cyclic amide) rings is 1. The van der Waals surface area contributed by atoms with E-state index in [1.807, 2.05) is 19.9 Å². The van der Waals surface area contributed by atoms with Gasteiger partial charge in [0.1, 0.15) is 17.5 Å². The fourth-order valence-electron chi connectivity index (χ4n) is 3.26. The van der Waals surface area contributed by atoms with Gasteiger partial charge in [0.2, 0.25) is 5.91 Å². The highest BCUT2D eigenvalue weighted by molar-refractivity contribution is 8.01. The summed E-state index contributed by atoms with van der Waals surface area (Å²) in [4.78, 5) is 26.7. The molecule has 4 rings (SSSR count). The second-order valence-electron chi connectivity index (χ2n) is 6.35. The molecular weight excluding hydrogens is 328 g/mol. The van der Waals surface area contributed by atoms with Crippen LogP contribution < -0.4 is 5.32 Å². The van der Waals surface area contributed by atoms with Crippen LogP contribution in [0.4, 0.5) is 0 Å². The summed E-state index contributed by atoms with van der Waals surface area (Å²) in [5.41, 5.74) is 0.542. The highest BCUT2D eigenvalue weighted by Crippen LogP contribution is 2.56. The molecule has 124 valence electrons. The Labute approximate surface area is 142 Å². The highest BCUT2D eigenvalue weighted by Gasteiger charge is 2.63. The van der Waals surface area contributed by atoms with Crippen molar-refractivity contribution in [1.82, 2.24) is 30.8 Å². The van der Waals surface area contributed by atoms with E-state index < -0.39 is 6.04 Å². The molecule has 2 fully saturated rings. The molecule has 2 N–H and O–H groups in total. The van der Waals surface area contributed by atoms with E-state index in [9.17, 15) is 9.59 Å². The van der Waals surface area contributed by atoms with Gasteiger partial charge in [0.15, 0.2) is 5.82 Å². The van der Waals surface area contributed by atoms with Gasteiger partial charge in [-0.05, 0) is 26.0 Å². The molecule has 3 atom stereocenters. The molecule has 0 radical (unpaired) electrons. The molecule has 0 saturated carbocycles. The fourth-order valence-corrected chi connectivity index (χ4v) is 4.89. The van der Waals surface area contributed by atoms with Crippen LogP contribution in [-0.2, 0) is 4.79 Å². The first-order valence-electron chi connectivity index (χ1n) is 7.58. The van der Waals surface area contributed by atoms with E-state index in [2.05, 4.69) is 25.9 Å². The van der Waals surface area contributed by atoms with Gasteiger partial charge in [-0.25, -0.2) is 0 Å². The molecule has 2 aromatic rings. The first-order chi connectivity index (χ1) is 11.5. The van der Waals surface area contributed by atoms with Crippen molar-refractivity contribution in [3.05, 3.63) is 41.7 Å². The zero-order valence-corrected chi connectivity index (χ0v) is 13.9. The lowest BCUT2D eigenvalue weighted by Gasteiger charge is -2.44. The lowest BCUT2D eigenvalue weighted by atomic mass is 9.95. The molecule has 2 aliphatic heterocycles. The number of nitrogens with zero attached hydrogens (tertiary/aromatic N) is 4. The number of fused-ring (bicyclic) bond motifs is 1. The Morgan fingerprint density at radius 3 is 2.75 bits per heavy atom. The van der Waals surface area contributed by atoms with Crippen LogP contribution in [0.1, 0.15) is 36.1 Å². The number of hydrogen-bond acceptors (Lipinski definition) is 6. The normalized spacial score (nSPS) is 27.5. The van der Waals surface area contributed by atoms with Gasteiger partial charge in [-0.15, -0.1) is 22.0 Å². The third kappa shape index (κ3) is 2.19. The fraction of sp³-hybridized carbons (Fsp3) is 0.400. The molecule has 0 aliphatic carbocycles. The predicted molar refractivity (Wildman–Crippen MR) is 86.9 cm³/mol. The van der Waals surface area contributed by atoms with Crippen molar-refractivity contribution in [3.8, 4) is 0 Å². The second kappa shape index (κ2) is 5.30. The van der Waals surface area contributed by atoms with Crippen LogP contribution in [0.25, 0.3) is 0 Å². The molecule has 0 spiro atoms. The van der Waals surface area contributed by atoms with Crippen LogP contribution in [0.3, 0.4) is 0 Å². The molecule has 2 saturated heterocycles. The van der Waals surface area contributed by atoms with Gasteiger partial charge >= 0.3 is 0 Å². The smallest absolute Gasteiger partial charge is 0.252 e. The van der Waals surface area contributed by atoms with Gasteiger partial charge in [0.25, 0.3) is 5.91 Å². The van der Waals surface area contributed by atoms with Crippen molar-refractivity contribution < 1.29 is 9.59 Å². The predicted octanol–water partition coefficient (Wildman–Crippen LogP) is 0.733. The van der Waals surface area contributed by atoms with E-state index in [0.29, 0.717) is 11.4 Å². The standard InChI is InChI=1S/C15H16N6O2S/c1-15(2)10(11-17-19-20-18-11)21-13(23)9(14(21)24-15)16-12(22)8-6-4-3-5-7-8/h3-7,9-10,14H,1-2H3,(H,16,22)(H,17,18,19,20)/t9?,10?,14-/m1/s1. The van der Waals surface area contributed by atoms with Gasteiger partial charge < -0.3 is 10.2 Å². The Balaban J connectivity index is 1.54. The van der Waals surface area contributed by atoms with Crippen LogP contribution >= 0.6 is 11.8 Å². The molecule has 2 amide bonds. The highest BCUT2D eigenvalue weighted by atomic mass is 32.2. The maximum atomic E-state index is 12.6. The number of thioether (sulfide) groups is 1. The number of carbonyl (C=O) groups is 2. The topological polar surface area (TPSA) is 104 Å². The van der Waals surface area contributed by atoms with E-state index in [0.717, 1.165) is 0 Å². The Morgan fingerprint density at radius 1 is 1.33 bits per heavy atom. The average Bonchev–Trinajstić information content (AvgIpc) is 3.17. The Bertz CT molecular complexity index is 779. The molecule has 0 bridgehead atoms. The van der Waals surface area contributed by atoms with E-state index in [-0.39, 0.29) is 28.0 Å². The Hall–Kier alpha value is -2.42. The van der Waals surface area contributed by atoms with Gasteiger partial charge in [-0.1, -0.05) is 23.4 Å². The Morgan fingerprint density at radius 2 is 2.08 bits per heavy atom. The molecular formula is C15H16N6O2S. The van der Waals surface area contributed by atoms with Gasteiger partial charge in [0, 0.05) is 10.3 Å². The number of tetrazole rings is 1. The van der Waals surface area contributed by atoms with Crippen LogP contribution in [0.15, 0.2) is 30.3 Å². The summed E-state index contributed by atoms with van der Waals surface area (Å²) in [6.07, 6.45) is 0. The van der Waals surface area contributed by atoms with Crippen molar-refractivity contribution in [1.29, 1.82) is 0 Å². The van der Waals surface area contributed by atoms with Crippen molar-refractivity contribution in [2.45, 2.75) is 36.1 Å². The largest absolute Gasteiger partial charge is 0.338 e. The summed E-state index contributed by atoms with van der Waals surface area (Å²) in [7, 11) is 0. The van der Waals surface area contributed by atoms with E-state index in [1.165, 1.54) is 0 Å². The number of amides is 2. The van der Waals surface area contributed by atoms with Crippen LogP contribution in [0.2, 0.25) is 0 Å². The molecule has 8 nitrogen and oxygen atoms in total. The summed E-state index contributed by atoms with van der Waals surface area (Å²) >= 11 is 1.64. The molecule has 1 aromatic carbocycles. The van der Waals surface area contributed by atoms with Crippen molar-refractivity contribution in [2.24, 2.45) is 0 Å². The monoisotopic (exact) mass is 344 g/mol. The third-order valence-corrected chi connectivity index (χ3v) is 5.94. The first-order valence-corrected chi connectivity index (χ1v) is 8.46. The minimum Gasteiger partial charge on any atom is -0.338 e. The van der Waals surface area contributed by atoms with Gasteiger partial charge in [-0.3, -0.25) is 9.59 Å².